The largest absolute Gasteiger partial charge is 0.486 e. The number of nitrogens with zero attached hydrogens (tertiary/aromatic N) is 2. The van der Waals surface area contributed by atoms with E-state index in [4.69, 9.17) is 9.47 Å². The maximum Gasteiger partial charge on any atom is 0.242 e. The Bertz CT molecular complexity index is 1260. The zero-order chi connectivity index (χ0) is 28.1. The van der Waals surface area contributed by atoms with Crippen LogP contribution in [0.2, 0.25) is 0 Å². The molecule has 0 unspecified atom stereocenters. The average molecular weight is 550 g/mol. The van der Waals surface area contributed by atoms with Crippen LogP contribution in [0.15, 0.2) is 42.5 Å². The Labute approximate surface area is 224 Å². The van der Waals surface area contributed by atoms with Crippen LogP contribution in [-0.4, -0.2) is 62.7 Å². The van der Waals surface area contributed by atoms with E-state index >= 15 is 0 Å². The van der Waals surface area contributed by atoms with Gasteiger partial charge in [-0.05, 0) is 52.3 Å². The summed E-state index contributed by atoms with van der Waals surface area (Å²) >= 11 is 0. The van der Waals surface area contributed by atoms with Crippen LogP contribution >= 0.6 is 0 Å². The van der Waals surface area contributed by atoms with Gasteiger partial charge in [0.1, 0.15) is 25.1 Å². The van der Waals surface area contributed by atoms with E-state index < -0.39 is 27.4 Å². The van der Waals surface area contributed by atoms with E-state index in [2.05, 4.69) is 5.32 Å². The Morgan fingerprint density at radius 3 is 2.37 bits per heavy atom. The first kappa shape index (κ1) is 29.2. The number of amides is 2. The van der Waals surface area contributed by atoms with Crippen LogP contribution in [0.1, 0.15) is 46.1 Å². The highest BCUT2D eigenvalue weighted by molar-refractivity contribution is 7.92. The normalized spacial score (nSPS) is 13.9. The van der Waals surface area contributed by atoms with E-state index in [1.54, 1.807) is 43.3 Å². The fraction of sp³-hybridized carbons (Fsp3) is 0.481. The molecule has 1 atom stereocenters. The predicted octanol–water partition coefficient (Wildman–Crippen LogP) is 3.48. The Balaban J connectivity index is 1.76. The molecule has 2 aromatic carbocycles. The second-order valence-corrected chi connectivity index (χ2v) is 12.2. The molecule has 0 aromatic heterocycles. The van der Waals surface area contributed by atoms with Crippen molar-refractivity contribution < 1.29 is 31.9 Å². The van der Waals surface area contributed by atoms with Crippen LogP contribution in [0.3, 0.4) is 0 Å². The van der Waals surface area contributed by atoms with Gasteiger partial charge >= 0.3 is 0 Å². The summed E-state index contributed by atoms with van der Waals surface area (Å²) in [7, 11) is -3.67. The summed E-state index contributed by atoms with van der Waals surface area (Å²) in [5.74, 6) is -0.240. The van der Waals surface area contributed by atoms with E-state index in [-0.39, 0.29) is 43.3 Å². The Morgan fingerprint density at radius 1 is 1.08 bits per heavy atom. The zero-order valence-corrected chi connectivity index (χ0v) is 23.3. The molecular formula is C27H36FN3O6S. The monoisotopic (exact) mass is 549 g/mol. The lowest BCUT2D eigenvalue weighted by molar-refractivity contribution is -0.141. The second kappa shape index (κ2) is 12.0. The van der Waals surface area contributed by atoms with Gasteiger partial charge in [-0.1, -0.05) is 18.2 Å². The molecule has 3 rings (SSSR count). The fourth-order valence-corrected chi connectivity index (χ4v) is 5.02. The van der Waals surface area contributed by atoms with Crippen molar-refractivity contribution in [3.05, 3.63) is 53.8 Å². The third-order valence-corrected chi connectivity index (χ3v) is 7.12. The summed E-state index contributed by atoms with van der Waals surface area (Å²) in [6.07, 6.45) is 1.23. The van der Waals surface area contributed by atoms with Gasteiger partial charge in [0.05, 0.1) is 11.9 Å². The van der Waals surface area contributed by atoms with Crippen molar-refractivity contribution in [2.45, 2.75) is 58.7 Å². The molecule has 0 radical (unpaired) electrons. The standard InChI is InChI=1S/C27H36FN3O6S/c1-19(26(33)29-27(2,3)4)30(18-20-9-6-7-10-22(20)28)25(32)11-8-14-31(38(5,34)35)21-12-13-23-24(17-21)37-16-15-36-23/h6-7,9-10,12-13,17,19H,8,11,14-16,18H2,1-5H3,(H,29,33)/t19-/m1/s1. The number of hydrogen-bond acceptors (Lipinski definition) is 6. The van der Waals surface area contributed by atoms with Crippen molar-refractivity contribution >= 4 is 27.5 Å². The van der Waals surface area contributed by atoms with Crippen LogP contribution in [0.5, 0.6) is 11.5 Å². The molecule has 0 fully saturated rings. The highest BCUT2D eigenvalue weighted by Gasteiger charge is 2.29. The molecule has 38 heavy (non-hydrogen) atoms. The Morgan fingerprint density at radius 2 is 1.74 bits per heavy atom. The summed E-state index contributed by atoms with van der Waals surface area (Å²) in [5, 5.41) is 2.86. The zero-order valence-electron chi connectivity index (χ0n) is 22.5. The van der Waals surface area contributed by atoms with Crippen LogP contribution < -0.4 is 19.1 Å². The number of fused-ring (bicyclic) bond motifs is 1. The molecule has 1 N–H and O–H groups in total. The first-order valence-corrected chi connectivity index (χ1v) is 14.3. The van der Waals surface area contributed by atoms with Crippen molar-refractivity contribution in [3.8, 4) is 11.5 Å². The van der Waals surface area contributed by atoms with Gasteiger partial charge in [-0.15, -0.1) is 0 Å². The second-order valence-electron chi connectivity index (χ2n) is 10.3. The van der Waals surface area contributed by atoms with E-state index in [0.717, 1.165) is 6.26 Å². The number of nitrogens with one attached hydrogen (secondary N) is 1. The number of carbonyl (C=O) groups excluding carboxylic acids is 2. The smallest absolute Gasteiger partial charge is 0.242 e. The molecule has 0 bridgehead atoms. The third-order valence-electron chi connectivity index (χ3n) is 5.93. The quantitative estimate of drug-likeness (QED) is 0.487. The molecule has 1 heterocycles. The number of anilines is 1. The van der Waals surface area contributed by atoms with Crippen molar-refractivity contribution in [1.82, 2.24) is 10.2 Å². The van der Waals surface area contributed by atoms with Gasteiger partial charge in [-0.25, -0.2) is 12.8 Å². The molecule has 208 valence electrons. The van der Waals surface area contributed by atoms with E-state index in [0.29, 0.717) is 30.4 Å². The SMILES string of the molecule is C[C@H](C(=O)NC(C)(C)C)N(Cc1ccccc1F)C(=O)CCCN(c1ccc2c(c1)OCCO2)S(C)(=O)=O. The van der Waals surface area contributed by atoms with Gasteiger partial charge in [-0.2, -0.15) is 0 Å². The molecule has 11 heteroatoms. The van der Waals surface area contributed by atoms with Gasteiger partial charge in [0.2, 0.25) is 21.8 Å². The first-order chi connectivity index (χ1) is 17.8. The van der Waals surface area contributed by atoms with Gasteiger partial charge in [0.25, 0.3) is 0 Å². The lowest BCUT2D eigenvalue weighted by Gasteiger charge is -2.32. The molecule has 2 aromatic rings. The van der Waals surface area contributed by atoms with E-state index in [1.807, 2.05) is 20.8 Å². The van der Waals surface area contributed by atoms with Gasteiger partial charge in [0.15, 0.2) is 11.5 Å². The summed E-state index contributed by atoms with van der Waals surface area (Å²) in [6.45, 7) is 7.80. The van der Waals surface area contributed by atoms with Crippen molar-refractivity contribution in [2.75, 3.05) is 30.3 Å². The molecule has 0 aliphatic carbocycles. The van der Waals surface area contributed by atoms with Crippen molar-refractivity contribution in [1.29, 1.82) is 0 Å². The predicted molar refractivity (Wildman–Crippen MR) is 143 cm³/mol. The highest BCUT2D eigenvalue weighted by atomic mass is 32.2. The number of sulfonamides is 1. The molecule has 0 saturated heterocycles. The lowest BCUT2D eigenvalue weighted by atomic mass is 10.1. The van der Waals surface area contributed by atoms with Crippen molar-refractivity contribution in [3.63, 3.8) is 0 Å². The minimum atomic E-state index is -3.67. The van der Waals surface area contributed by atoms with Crippen molar-refractivity contribution in [2.24, 2.45) is 0 Å². The van der Waals surface area contributed by atoms with Gasteiger partial charge < -0.3 is 19.7 Å². The molecule has 2 amide bonds. The van der Waals surface area contributed by atoms with Crippen LogP contribution in [-0.2, 0) is 26.2 Å². The number of carbonyl (C=O) groups is 2. The maximum absolute atomic E-state index is 14.4. The summed E-state index contributed by atoms with van der Waals surface area (Å²) in [5.41, 5.74) is 0.160. The number of benzene rings is 2. The topological polar surface area (TPSA) is 105 Å². The highest BCUT2D eigenvalue weighted by Crippen LogP contribution is 2.34. The first-order valence-electron chi connectivity index (χ1n) is 12.5. The third kappa shape index (κ3) is 7.83. The summed E-state index contributed by atoms with van der Waals surface area (Å²) < 4.78 is 51.9. The van der Waals surface area contributed by atoms with Crippen LogP contribution in [0.4, 0.5) is 10.1 Å². The number of ether oxygens (including phenoxy) is 2. The van der Waals surface area contributed by atoms with E-state index in [9.17, 15) is 22.4 Å². The molecule has 1 aliphatic rings. The average Bonchev–Trinajstić information content (AvgIpc) is 2.83. The number of hydrogen-bond donors (Lipinski definition) is 1. The Kier molecular flexibility index (Phi) is 9.24. The summed E-state index contributed by atoms with van der Waals surface area (Å²) in [6, 6.07) is 10.1. The minimum Gasteiger partial charge on any atom is -0.486 e. The molecule has 0 spiro atoms. The van der Waals surface area contributed by atoms with E-state index in [1.165, 1.54) is 15.3 Å². The molecular weight excluding hydrogens is 513 g/mol. The fourth-order valence-electron chi connectivity index (χ4n) is 4.06. The lowest BCUT2D eigenvalue weighted by Crippen LogP contribution is -2.52. The maximum atomic E-state index is 14.4. The minimum absolute atomic E-state index is 0.0281. The van der Waals surface area contributed by atoms with Gasteiger partial charge in [-0.3, -0.25) is 13.9 Å². The number of halogens is 1. The summed E-state index contributed by atoms with van der Waals surface area (Å²) in [4.78, 5) is 27.6. The van der Waals surface area contributed by atoms with Crippen LogP contribution in [0.25, 0.3) is 0 Å². The molecule has 0 saturated carbocycles. The van der Waals surface area contributed by atoms with Crippen LogP contribution in [0, 0.1) is 5.82 Å². The number of rotatable bonds is 10. The Hall–Kier alpha value is -3.34. The molecule has 9 nitrogen and oxygen atoms in total. The van der Waals surface area contributed by atoms with Gasteiger partial charge in [0, 0.05) is 36.7 Å². The molecule has 1 aliphatic heterocycles.